The average molecular weight is 241 g/mol. The van der Waals surface area contributed by atoms with E-state index in [9.17, 15) is 9.59 Å². The van der Waals surface area contributed by atoms with Gasteiger partial charge in [0.05, 0.1) is 14.2 Å². The van der Waals surface area contributed by atoms with E-state index in [0.717, 1.165) is 5.56 Å². The Kier molecular flexibility index (Phi) is 4.14. The van der Waals surface area contributed by atoms with Crippen molar-refractivity contribution in [2.45, 2.75) is 19.9 Å². The van der Waals surface area contributed by atoms with E-state index in [1.165, 1.54) is 14.2 Å². The van der Waals surface area contributed by atoms with E-state index in [1.54, 1.807) is 13.0 Å². The van der Waals surface area contributed by atoms with E-state index < -0.39 is 18.1 Å². The van der Waals surface area contributed by atoms with Gasteiger partial charge >= 0.3 is 12.1 Å². The topological polar surface area (TPSA) is 77.8 Å². The molecule has 1 rings (SSSR count). The molecule has 0 bridgehead atoms. The van der Waals surface area contributed by atoms with Crippen LogP contribution in [0.2, 0.25) is 0 Å². The third-order valence-electron chi connectivity index (χ3n) is 2.35. The molecule has 1 heterocycles. The molecule has 1 amide bonds. The predicted octanol–water partition coefficient (Wildman–Crippen LogP) is 1.47. The lowest BCUT2D eigenvalue weighted by atomic mass is 10.2. The lowest BCUT2D eigenvalue weighted by molar-refractivity contribution is -0.143. The average Bonchev–Trinajstić information content (AvgIpc) is 2.65. The first-order chi connectivity index (χ1) is 7.99. The first-order valence-corrected chi connectivity index (χ1v) is 4.98. The predicted molar refractivity (Wildman–Crippen MR) is 58.5 cm³/mol. The minimum atomic E-state index is -1.00. The van der Waals surface area contributed by atoms with E-state index in [-0.39, 0.29) is 0 Å². The van der Waals surface area contributed by atoms with Gasteiger partial charge in [-0.05, 0) is 25.5 Å². The number of alkyl carbamates (subject to hydrolysis) is 1. The zero-order valence-corrected chi connectivity index (χ0v) is 10.2. The summed E-state index contributed by atoms with van der Waals surface area (Å²) in [7, 11) is 2.44. The molecular formula is C11H15NO5. The summed E-state index contributed by atoms with van der Waals surface area (Å²) in [5, 5.41) is 2.34. The van der Waals surface area contributed by atoms with Crippen molar-refractivity contribution < 1.29 is 23.5 Å². The molecule has 1 atom stereocenters. The van der Waals surface area contributed by atoms with E-state index in [1.807, 2.05) is 6.92 Å². The molecule has 1 N–H and O–H groups in total. The van der Waals surface area contributed by atoms with Gasteiger partial charge in [-0.15, -0.1) is 0 Å². The summed E-state index contributed by atoms with van der Waals surface area (Å²) in [6.45, 7) is 3.61. The van der Waals surface area contributed by atoms with Crippen molar-refractivity contribution in [1.29, 1.82) is 0 Å². The number of furan rings is 1. The molecule has 0 aliphatic rings. The normalized spacial score (nSPS) is 11.8. The van der Waals surface area contributed by atoms with Crippen LogP contribution in [0.15, 0.2) is 10.5 Å². The number of carbonyl (C=O) groups excluding carboxylic acids is 2. The number of esters is 1. The molecule has 0 aliphatic heterocycles. The monoisotopic (exact) mass is 241 g/mol. The van der Waals surface area contributed by atoms with Crippen molar-refractivity contribution in [2.75, 3.05) is 14.2 Å². The fraction of sp³-hybridized carbons (Fsp3) is 0.455. The van der Waals surface area contributed by atoms with Gasteiger partial charge in [-0.1, -0.05) is 0 Å². The molecule has 0 saturated heterocycles. The Morgan fingerprint density at radius 1 is 1.29 bits per heavy atom. The molecular weight excluding hydrogens is 226 g/mol. The molecule has 0 spiro atoms. The molecule has 0 saturated carbocycles. The van der Waals surface area contributed by atoms with Crippen LogP contribution in [0, 0.1) is 13.8 Å². The third kappa shape index (κ3) is 2.99. The van der Waals surface area contributed by atoms with Crippen LogP contribution in [0.1, 0.15) is 23.1 Å². The number of rotatable bonds is 3. The maximum atomic E-state index is 11.5. The molecule has 17 heavy (non-hydrogen) atoms. The van der Waals surface area contributed by atoms with Crippen molar-refractivity contribution in [1.82, 2.24) is 5.32 Å². The van der Waals surface area contributed by atoms with Crippen molar-refractivity contribution in [2.24, 2.45) is 0 Å². The van der Waals surface area contributed by atoms with Crippen molar-refractivity contribution in [3.8, 4) is 0 Å². The summed E-state index contributed by atoms with van der Waals surface area (Å²) in [4.78, 5) is 22.7. The number of hydrogen-bond acceptors (Lipinski definition) is 5. The number of methoxy groups -OCH3 is 2. The number of ether oxygens (including phenoxy) is 2. The first kappa shape index (κ1) is 13.1. The summed E-state index contributed by atoms with van der Waals surface area (Å²) in [6, 6.07) is 0.673. The van der Waals surface area contributed by atoms with E-state index in [4.69, 9.17) is 4.42 Å². The first-order valence-electron chi connectivity index (χ1n) is 4.98. The number of amides is 1. The van der Waals surface area contributed by atoms with Crippen LogP contribution in [0.5, 0.6) is 0 Å². The Bertz CT molecular complexity index is 404. The van der Waals surface area contributed by atoms with Crippen LogP contribution in [0.3, 0.4) is 0 Å². The molecule has 0 fully saturated rings. The summed E-state index contributed by atoms with van der Waals surface area (Å²) in [6.07, 6.45) is -0.730. The maximum absolute atomic E-state index is 11.5. The standard InChI is InChI=1S/C11H15NO5/c1-6-5-8(17-7(6)2)9(10(13)15-3)12-11(14)16-4/h5,9H,1-4H3,(H,12,14)/t9-/m1/s1. The van der Waals surface area contributed by atoms with Crippen LogP contribution < -0.4 is 5.32 Å². The maximum Gasteiger partial charge on any atom is 0.407 e. The highest BCUT2D eigenvalue weighted by Crippen LogP contribution is 2.21. The highest BCUT2D eigenvalue weighted by atomic mass is 16.5. The van der Waals surface area contributed by atoms with Gasteiger partial charge in [0.15, 0.2) is 6.04 Å². The smallest absolute Gasteiger partial charge is 0.407 e. The molecule has 0 aliphatic carbocycles. The third-order valence-corrected chi connectivity index (χ3v) is 2.35. The Labute approximate surface area is 98.9 Å². The summed E-state index contributed by atoms with van der Waals surface area (Å²) < 4.78 is 14.4. The summed E-state index contributed by atoms with van der Waals surface area (Å²) in [5.41, 5.74) is 0.889. The minimum absolute atomic E-state index is 0.317. The van der Waals surface area contributed by atoms with E-state index >= 15 is 0 Å². The zero-order valence-electron chi connectivity index (χ0n) is 10.2. The van der Waals surface area contributed by atoms with Crippen LogP contribution in [-0.2, 0) is 14.3 Å². The quantitative estimate of drug-likeness (QED) is 0.811. The van der Waals surface area contributed by atoms with E-state index in [0.29, 0.717) is 11.5 Å². The van der Waals surface area contributed by atoms with Crippen molar-refractivity contribution in [3.63, 3.8) is 0 Å². The lowest BCUT2D eigenvalue weighted by Gasteiger charge is -2.13. The van der Waals surface area contributed by atoms with Crippen molar-refractivity contribution in [3.05, 3.63) is 23.2 Å². The van der Waals surface area contributed by atoms with Gasteiger partial charge in [-0.3, -0.25) is 0 Å². The second kappa shape index (κ2) is 5.38. The van der Waals surface area contributed by atoms with Crippen LogP contribution in [0.25, 0.3) is 0 Å². The number of hydrogen-bond donors (Lipinski definition) is 1. The zero-order chi connectivity index (χ0) is 13.0. The van der Waals surface area contributed by atoms with Gasteiger partial charge in [-0.25, -0.2) is 9.59 Å². The minimum Gasteiger partial charge on any atom is -0.467 e. The highest BCUT2D eigenvalue weighted by molar-refractivity contribution is 5.82. The van der Waals surface area contributed by atoms with Gasteiger partial charge in [0, 0.05) is 0 Å². The van der Waals surface area contributed by atoms with Crippen LogP contribution in [0.4, 0.5) is 4.79 Å². The van der Waals surface area contributed by atoms with E-state index in [2.05, 4.69) is 14.8 Å². The van der Waals surface area contributed by atoms with Gasteiger partial charge in [0.25, 0.3) is 0 Å². The molecule has 0 unspecified atom stereocenters. The molecule has 0 radical (unpaired) electrons. The Morgan fingerprint density at radius 2 is 1.94 bits per heavy atom. The van der Waals surface area contributed by atoms with Gasteiger partial charge < -0.3 is 19.2 Å². The number of aryl methyl sites for hydroxylation is 2. The summed E-state index contributed by atoms with van der Waals surface area (Å²) in [5.74, 6) is 0.377. The largest absolute Gasteiger partial charge is 0.467 e. The Balaban J connectivity index is 2.97. The molecule has 6 nitrogen and oxygen atoms in total. The molecule has 1 aromatic heterocycles. The van der Waals surface area contributed by atoms with Crippen molar-refractivity contribution >= 4 is 12.1 Å². The SMILES string of the molecule is COC(=O)N[C@@H](C(=O)OC)c1cc(C)c(C)o1. The number of carbonyl (C=O) groups is 2. The molecule has 0 aromatic carbocycles. The van der Waals surface area contributed by atoms with Gasteiger partial charge in [0.1, 0.15) is 11.5 Å². The number of nitrogens with one attached hydrogen (secondary N) is 1. The van der Waals surface area contributed by atoms with Gasteiger partial charge in [-0.2, -0.15) is 0 Å². The Hall–Kier alpha value is -1.98. The van der Waals surface area contributed by atoms with Crippen LogP contribution >= 0.6 is 0 Å². The second-order valence-electron chi connectivity index (χ2n) is 3.48. The molecule has 1 aromatic rings. The molecule has 6 heteroatoms. The Morgan fingerprint density at radius 3 is 2.35 bits per heavy atom. The second-order valence-corrected chi connectivity index (χ2v) is 3.48. The fourth-order valence-electron chi connectivity index (χ4n) is 1.28. The van der Waals surface area contributed by atoms with Crippen LogP contribution in [-0.4, -0.2) is 26.3 Å². The lowest BCUT2D eigenvalue weighted by Crippen LogP contribution is -2.34. The van der Waals surface area contributed by atoms with Gasteiger partial charge in [0.2, 0.25) is 0 Å². The summed E-state index contributed by atoms with van der Waals surface area (Å²) >= 11 is 0. The highest BCUT2D eigenvalue weighted by Gasteiger charge is 2.27. The fourth-order valence-corrected chi connectivity index (χ4v) is 1.28. The molecule has 94 valence electrons.